The highest BCUT2D eigenvalue weighted by Crippen LogP contribution is 2.21. The number of carbonyl (C=O) groups is 1. The predicted octanol–water partition coefficient (Wildman–Crippen LogP) is 3.28. The van der Waals surface area contributed by atoms with Gasteiger partial charge >= 0.3 is 0 Å². The van der Waals surface area contributed by atoms with Gasteiger partial charge in [-0.15, -0.1) is 10.2 Å². The van der Waals surface area contributed by atoms with Gasteiger partial charge in [-0.1, -0.05) is 30.4 Å². The zero-order valence-electron chi connectivity index (χ0n) is 16.6. The first kappa shape index (κ1) is 20.9. The molecule has 0 aliphatic rings. The Labute approximate surface area is 183 Å². The molecule has 0 saturated heterocycles. The zero-order chi connectivity index (χ0) is 21.8. The molecule has 160 valence electrons. The highest BCUT2D eigenvalue weighted by Gasteiger charge is 2.17. The van der Waals surface area contributed by atoms with E-state index in [1.54, 1.807) is 18.5 Å². The lowest BCUT2D eigenvalue weighted by Gasteiger charge is -2.08. The quantitative estimate of drug-likeness (QED) is 0.420. The Morgan fingerprint density at radius 2 is 1.87 bits per heavy atom. The Morgan fingerprint density at radius 1 is 1.10 bits per heavy atom. The highest BCUT2D eigenvalue weighted by molar-refractivity contribution is 7.93. The Bertz CT molecular complexity index is 1310. The van der Waals surface area contributed by atoms with E-state index in [-0.39, 0.29) is 22.4 Å². The van der Waals surface area contributed by atoms with Gasteiger partial charge in [0.2, 0.25) is 11.0 Å². The number of amides is 1. The fourth-order valence-electron chi connectivity index (χ4n) is 2.96. The van der Waals surface area contributed by atoms with Crippen molar-refractivity contribution in [3.63, 3.8) is 0 Å². The molecule has 2 N–H and O–H groups in total. The molecular formula is C20H20N6O3S2. The number of carbonyl (C=O) groups excluding carboxylic acids is 1. The van der Waals surface area contributed by atoms with Crippen molar-refractivity contribution in [2.75, 3.05) is 10.0 Å². The van der Waals surface area contributed by atoms with Crippen molar-refractivity contribution in [2.24, 2.45) is 0 Å². The summed E-state index contributed by atoms with van der Waals surface area (Å²) in [5, 5.41) is 11.5. The third kappa shape index (κ3) is 4.89. The fourth-order valence-corrected chi connectivity index (χ4v) is 4.87. The molecule has 4 aromatic rings. The van der Waals surface area contributed by atoms with Crippen molar-refractivity contribution in [2.45, 2.75) is 31.2 Å². The van der Waals surface area contributed by atoms with Crippen LogP contribution in [0.2, 0.25) is 0 Å². The molecule has 2 aromatic heterocycles. The van der Waals surface area contributed by atoms with Crippen LogP contribution >= 0.6 is 11.3 Å². The molecule has 0 aliphatic heterocycles. The summed E-state index contributed by atoms with van der Waals surface area (Å²) in [6, 6.07) is 13.7. The minimum absolute atomic E-state index is 0.0728. The molecule has 0 spiro atoms. The van der Waals surface area contributed by atoms with Crippen molar-refractivity contribution in [3.8, 4) is 0 Å². The number of imidazole rings is 1. The van der Waals surface area contributed by atoms with Crippen molar-refractivity contribution < 1.29 is 13.2 Å². The van der Waals surface area contributed by atoms with E-state index >= 15 is 0 Å². The number of hydrogen-bond acceptors (Lipinski definition) is 7. The summed E-state index contributed by atoms with van der Waals surface area (Å²) in [5.74, 6) is -0.174. The third-order valence-electron chi connectivity index (χ3n) is 4.55. The van der Waals surface area contributed by atoms with Gasteiger partial charge in [-0.05, 0) is 42.8 Å². The fraction of sp³-hybridized carbons (Fsp3) is 0.200. The molecule has 11 heteroatoms. The smallest absolute Gasteiger partial charge is 0.263 e. The van der Waals surface area contributed by atoms with E-state index in [1.165, 1.54) is 23.5 Å². The van der Waals surface area contributed by atoms with Crippen LogP contribution < -0.4 is 10.0 Å². The molecule has 2 heterocycles. The first-order chi connectivity index (χ1) is 14.9. The van der Waals surface area contributed by atoms with Crippen LogP contribution in [0.4, 0.5) is 10.8 Å². The lowest BCUT2D eigenvalue weighted by atomic mass is 10.3. The second-order valence-corrected chi connectivity index (χ2v) is 9.45. The second-order valence-electron chi connectivity index (χ2n) is 6.71. The largest absolute Gasteiger partial charge is 0.330 e. The first-order valence-corrected chi connectivity index (χ1v) is 11.9. The molecular weight excluding hydrogens is 436 g/mol. The minimum Gasteiger partial charge on any atom is -0.330 e. The molecule has 31 heavy (non-hydrogen) atoms. The number of para-hydroxylation sites is 2. The maximum absolute atomic E-state index is 12.5. The lowest BCUT2D eigenvalue weighted by Crippen LogP contribution is -2.15. The number of rotatable bonds is 8. The van der Waals surface area contributed by atoms with Crippen molar-refractivity contribution >= 4 is 49.1 Å². The Morgan fingerprint density at radius 3 is 2.61 bits per heavy atom. The number of nitrogens with zero attached hydrogens (tertiary/aromatic N) is 4. The van der Waals surface area contributed by atoms with Gasteiger partial charge in [-0.3, -0.25) is 9.52 Å². The van der Waals surface area contributed by atoms with Gasteiger partial charge < -0.3 is 9.88 Å². The first-order valence-electron chi connectivity index (χ1n) is 9.59. The molecule has 0 unspecified atom stereocenters. The molecule has 0 radical (unpaired) electrons. The maximum Gasteiger partial charge on any atom is 0.263 e. The summed E-state index contributed by atoms with van der Waals surface area (Å²) in [4.78, 5) is 16.7. The maximum atomic E-state index is 12.5. The minimum atomic E-state index is -3.78. The number of nitrogens with one attached hydrogen (secondary N) is 2. The SMILES string of the molecule is CCc1nnc(NS(=O)(=O)c2ccc(NC(=O)CCn3cnc4ccccc43)cc2)s1. The van der Waals surface area contributed by atoms with Crippen LogP contribution in [0.1, 0.15) is 18.4 Å². The average molecular weight is 457 g/mol. The van der Waals surface area contributed by atoms with Crippen LogP contribution in [0.5, 0.6) is 0 Å². The molecule has 0 fully saturated rings. The summed E-state index contributed by atoms with van der Waals surface area (Å²) in [7, 11) is -3.78. The molecule has 0 saturated carbocycles. The number of aryl methyl sites for hydroxylation is 2. The topological polar surface area (TPSA) is 119 Å². The lowest BCUT2D eigenvalue weighted by molar-refractivity contribution is -0.116. The molecule has 4 rings (SSSR count). The summed E-state index contributed by atoms with van der Waals surface area (Å²) in [5.41, 5.74) is 2.37. The van der Waals surface area contributed by atoms with Gasteiger partial charge in [0.25, 0.3) is 10.0 Å². The highest BCUT2D eigenvalue weighted by atomic mass is 32.2. The van der Waals surface area contributed by atoms with E-state index < -0.39 is 10.0 Å². The summed E-state index contributed by atoms with van der Waals surface area (Å²) in [6.07, 6.45) is 2.66. The number of anilines is 2. The van der Waals surface area contributed by atoms with Crippen molar-refractivity contribution in [1.29, 1.82) is 0 Å². The van der Waals surface area contributed by atoms with Gasteiger partial charge in [0.15, 0.2) is 0 Å². The molecule has 1 amide bonds. The van der Waals surface area contributed by atoms with Crippen LogP contribution in [0.3, 0.4) is 0 Å². The number of aromatic nitrogens is 4. The van der Waals surface area contributed by atoms with Gasteiger partial charge in [0.05, 0.1) is 22.3 Å². The molecule has 9 nitrogen and oxygen atoms in total. The van der Waals surface area contributed by atoms with Crippen LogP contribution in [-0.2, 0) is 27.8 Å². The normalized spacial score (nSPS) is 11.5. The van der Waals surface area contributed by atoms with Gasteiger partial charge in [0, 0.05) is 18.7 Å². The monoisotopic (exact) mass is 456 g/mol. The number of fused-ring (bicyclic) bond motifs is 1. The van der Waals surface area contributed by atoms with Crippen LogP contribution in [0.15, 0.2) is 59.8 Å². The number of hydrogen-bond donors (Lipinski definition) is 2. The van der Waals surface area contributed by atoms with E-state index in [2.05, 4.69) is 25.2 Å². The average Bonchev–Trinajstić information content (AvgIpc) is 3.39. The Hall–Kier alpha value is -3.31. The standard InChI is InChI=1S/C20H20N6O3S2/c1-2-19-23-24-20(30-19)25-31(28,29)15-9-7-14(8-10-15)22-18(27)11-12-26-13-21-16-5-3-4-6-17(16)26/h3-10,13H,2,11-12H2,1H3,(H,22,27)(H,24,25). The molecule has 0 bridgehead atoms. The van der Waals surface area contributed by atoms with E-state index in [4.69, 9.17) is 0 Å². The van der Waals surface area contributed by atoms with E-state index in [9.17, 15) is 13.2 Å². The Kier molecular flexibility index (Phi) is 5.96. The summed E-state index contributed by atoms with van der Waals surface area (Å²) in [6.45, 7) is 2.41. The van der Waals surface area contributed by atoms with E-state index in [0.717, 1.165) is 16.0 Å². The summed E-state index contributed by atoms with van der Waals surface area (Å²) >= 11 is 1.19. The van der Waals surface area contributed by atoms with Gasteiger partial charge in [-0.25, -0.2) is 13.4 Å². The molecule has 0 aliphatic carbocycles. The van der Waals surface area contributed by atoms with Crippen molar-refractivity contribution in [1.82, 2.24) is 19.7 Å². The van der Waals surface area contributed by atoms with Gasteiger partial charge in [-0.2, -0.15) is 0 Å². The van der Waals surface area contributed by atoms with Crippen LogP contribution in [-0.4, -0.2) is 34.1 Å². The third-order valence-corrected chi connectivity index (χ3v) is 7.01. The summed E-state index contributed by atoms with van der Waals surface area (Å²) < 4.78 is 29.4. The molecule has 2 aromatic carbocycles. The predicted molar refractivity (Wildman–Crippen MR) is 120 cm³/mol. The van der Waals surface area contributed by atoms with Gasteiger partial charge in [0.1, 0.15) is 5.01 Å². The zero-order valence-corrected chi connectivity index (χ0v) is 18.3. The van der Waals surface area contributed by atoms with E-state index in [0.29, 0.717) is 18.7 Å². The number of sulfonamides is 1. The Balaban J connectivity index is 1.35. The van der Waals surface area contributed by atoms with E-state index in [1.807, 2.05) is 35.8 Å². The number of benzene rings is 2. The van der Waals surface area contributed by atoms with Crippen LogP contribution in [0, 0.1) is 0 Å². The van der Waals surface area contributed by atoms with Crippen molar-refractivity contribution in [3.05, 3.63) is 59.9 Å². The second kappa shape index (κ2) is 8.82. The van der Waals surface area contributed by atoms with Crippen LogP contribution in [0.25, 0.3) is 11.0 Å². The molecule has 0 atom stereocenters.